The predicted molar refractivity (Wildman–Crippen MR) is 73.0 cm³/mol. The number of hydrogen-bond acceptors (Lipinski definition) is 4. The van der Waals surface area contributed by atoms with E-state index in [1.165, 1.54) is 0 Å². The fourth-order valence-corrected chi connectivity index (χ4v) is 2.71. The molecular weight excluding hydrogens is 240 g/mol. The first kappa shape index (κ1) is 12.6. The topological polar surface area (TPSA) is 62.5 Å². The summed E-state index contributed by atoms with van der Waals surface area (Å²) >= 11 is 0. The van der Waals surface area contributed by atoms with Crippen LogP contribution in [0.3, 0.4) is 0 Å². The van der Waals surface area contributed by atoms with Crippen LogP contribution in [0, 0.1) is 13.8 Å². The zero-order chi connectivity index (χ0) is 13.5. The van der Waals surface area contributed by atoms with Gasteiger partial charge in [-0.15, -0.1) is 0 Å². The second-order valence-corrected chi connectivity index (χ2v) is 5.61. The third kappa shape index (κ3) is 2.35. The summed E-state index contributed by atoms with van der Waals surface area (Å²) < 4.78 is 2.06. The molecule has 1 fully saturated rings. The van der Waals surface area contributed by atoms with Gasteiger partial charge < -0.3 is 10.4 Å². The molecular formula is C14H20N4O. The van der Waals surface area contributed by atoms with Crippen LogP contribution in [0.4, 0.5) is 0 Å². The molecule has 19 heavy (non-hydrogen) atoms. The predicted octanol–water partition coefficient (Wildman–Crippen LogP) is 1.35. The third-order valence-electron chi connectivity index (χ3n) is 3.91. The molecule has 5 nitrogen and oxygen atoms in total. The Morgan fingerprint density at radius 1 is 1.42 bits per heavy atom. The highest BCUT2D eigenvalue weighted by Crippen LogP contribution is 2.30. The number of fused-ring (bicyclic) bond motifs is 1. The van der Waals surface area contributed by atoms with Crippen LogP contribution in [0.25, 0.3) is 5.78 Å². The van der Waals surface area contributed by atoms with Crippen molar-refractivity contribution in [1.82, 2.24) is 19.7 Å². The number of aryl methyl sites for hydroxylation is 2. The highest BCUT2D eigenvalue weighted by atomic mass is 16.3. The molecule has 0 bridgehead atoms. The molecule has 2 heterocycles. The van der Waals surface area contributed by atoms with E-state index in [4.69, 9.17) is 0 Å². The average Bonchev–Trinajstić information content (AvgIpc) is 2.70. The van der Waals surface area contributed by atoms with E-state index in [0.29, 0.717) is 13.1 Å². The van der Waals surface area contributed by atoms with Gasteiger partial charge in [-0.1, -0.05) is 0 Å². The molecule has 0 amide bonds. The van der Waals surface area contributed by atoms with Crippen molar-refractivity contribution in [1.29, 1.82) is 0 Å². The normalized spacial score (nSPS) is 17.6. The fourth-order valence-electron chi connectivity index (χ4n) is 2.71. The highest BCUT2D eigenvalue weighted by molar-refractivity contribution is 5.35. The van der Waals surface area contributed by atoms with Crippen molar-refractivity contribution in [3.8, 4) is 0 Å². The lowest BCUT2D eigenvalue weighted by atomic mass is 9.80. The maximum Gasteiger partial charge on any atom is 0.234 e. The van der Waals surface area contributed by atoms with Crippen molar-refractivity contribution < 1.29 is 5.11 Å². The first-order chi connectivity index (χ1) is 9.07. The Balaban J connectivity index is 1.74. The Labute approximate surface area is 112 Å². The summed E-state index contributed by atoms with van der Waals surface area (Å²) in [4.78, 5) is 8.75. The molecule has 0 atom stereocenters. The van der Waals surface area contributed by atoms with Gasteiger partial charge in [-0.25, -0.2) is 9.97 Å². The number of imidazole rings is 1. The quantitative estimate of drug-likeness (QED) is 0.871. The van der Waals surface area contributed by atoms with E-state index in [1.807, 2.05) is 13.1 Å². The van der Waals surface area contributed by atoms with Crippen LogP contribution < -0.4 is 5.32 Å². The van der Waals surface area contributed by atoms with Gasteiger partial charge in [0.15, 0.2) is 0 Å². The Kier molecular flexibility index (Phi) is 3.03. The number of nitrogens with one attached hydrogen (secondary N) is 1. The molecule has 0 unspecified atom stereocenters. The Morgan fingerprint density at radius 3 is 2.89 bits per heavy atom. The minimum atomic E-state index is -0.482. The number of aromatic nitrogens is 3. The van der Waals surface area contributed by atoms with Crippen LogP contribution in [0.15, 0.2) is 12.3 Å². The lowest BCUT2D eigenvalue weighted by Crippen LogP contribution is -2.46. The van der Waals surface area contributed by atoms with E-state index in [2.05, 4.69) is 32.7 Å². The average molecular weight is 260 g/mol. The molecule has 0 radical (unpaired) electrons. The summed E-state index contributed by atoms with van der Waals surface area (Å²) in [5, 5.41) is 13.4. The largest absolute Gasteiger partial charge is 0.389 e. The van der Waals surface area contributed by atoms with Crippen LogP contribution >= 0.6 is 0 Å². The standard InChI is InChI=1S/C14H20N4O/c1-10-6-11(2)18-12(8-16-13(18)17-10)7-15-9-14(19)4-3-5-14/h6,8,15,19H,3-5,7,9H2,1-2H3. The van der Waals surface area contributed by atoms with Crippen LogP contribution in [0.1, 0.15) is 36.3 Å². The van der Waals surface area contributed by atoms with Crippen LogP contribution in [-0.4, -0.2) is 31.6 Å². The van der Waals surface area contributed by atoms with Crippen LogP contribution in [-0.2, 0) is 6.54 Å². The Hall–Kier alpha value is -1.46. The van der Waals surface area contributed by atoms with E-state index in [9.17, 15) is 5.11 Å². The SMILES string of the molecule is Cc1cc(C)n2c(CNCC3(O)CCC3)cnc2n1. The van der Waals surface area contributed by atoms with E-state index in [0.717, 1.165) is 42.1 Å². The summed E-state index contributed by atoms with van der Waals surface area (Å²) in [6, 6.07) is 2.05. The van der Waals surface area contributed by atoms with Crippen molar-refractivity contribution in [2.24, 2.45) is 0 Å². The summed E-state index contributed by atoms with van der Waals surface area (Å²) in [6.45, 7) is 5.39. The van der Waals surface area contributed by atoms with E-state index in [1.54, 1.807) is 0 Å². The smallest absolute Gasteiger partial charge is 0.234 e. The number of rotatable bonds is 4. The summed E-state index contributed by atoms with van der Waals surface area (Å²) in [5.41, 5.74) is 2.73. The summed E-state index contributed by atoms with van der Waals surface area (Å²) in [5.74, 6) is 0.747. The molecule has 2 aromatic rings. The molecule has 0 aliphatic heterocycles. The molecule has 102 valence electrons. The van der Waals surface area contributed by atoms with Crippen molar-refractivity contribution in [2.45, 2.75) is 45.3 Å². The van der Waals surface area contributed by atoms with Gasteiger partial charge in [-0.05, 0) is 39.2 Å². The molecule has 2 N–H and O–H groups in total. The number of hydrogen-bond donors (Lipinski definition) is 2. The van der Waals surface area contributed by atoms with E-state index in [-0.39, 0.29) is 0 Å². The zero-order valence-electron chi connectivity index (χ0n) is 11.5. The van der Waals surface area contributed by atoms with Gasteiger partial charge in [0, 0.05) is 24.5 Å². The number of aliphatic hydroxyl groups is 1. The molecule has 0 spiro atoms. The molecule has 0 saturated heterocycles. The molecule has 0 aromatic carbocycles. The molecule has 5 heteroatoms. The molecule has 2 aromatic heterocycles. The maximum atomic E-state index is 10.0. The number of nitrogens with zero attached hydrogens (tertiary/aromatic N) is 3. The van der Waals surface area contributed by atoms with Crippen LogP contribution in [0.5, 0.6) is 0 Å². The van der Waals surface area contributed by atoms with E-state index >= 15 is 0 Å². The minimum Gasteiger partial charge on any atom is -0.389 e. The maximum absolute atomic E-state index is 10.0. The molecule has 1 aliphatic carbocycles. The van der Waals surface area contributed by atoms with Gasteiger partial charge in [0.1, 0.15) is 0 Å². The second kappa shape index (κ2) is 4.58. The van der Waals surface area contributed by atoms with Crippen molar-refractivity contribution in [2.75, 3.05) is 6.54 Å². The lowest BCUT2D eigenvalue weighted by Gasteiger charge is -2.36. The Morgan fingerprint density at radius 2 is 2.21 bits per heavy atom. The van der Waals surface area contributed by atoms with Gasteiger partial charge in [-0.2, -0.15) is 0 Å². The first-order valence-corrected chi connectivity index (χ1v) is 6.81. The summed E-state index contributed by atoms with van der Waals surface area (Å²) in [6.07, 6.45) is 4.81. The van der Waals surface area contributed by atoms with Gasteiger partial charge in [-0.3, -0.25) is 4.40 Å². The van der Waals surface area contributed by atoms with Crippen molar-refractivity contribution >= 4 is 5.78 Å². The van der Waals surface area contributed by atoms with Crippen LogP contribution in [0.2, 0.25) is 0 Å². The van der Waals surface area contributed by atoms with Gasteiger partial charge in [0.2, 0.25) is 5.78 Å². The zero-order valence-corrected chi connectivity index (χ0v) is 11.5. The minimum absolute atomic E-state index is 0.482. The second-order valence-electron chi connectivity index (χ2n) is 5.61. The van der Waals surface area contributed by atoms with E-state index < -0.39 is 5.60 Å². The molecule has 3 rings (SSSR count). The molecule has 1 aliphatic rings. The fraction of sp³-hybridized carbons (Fsp3) is 0.571. The summed E-state index contributed by atoms with van der Waals surface area (Å²) in [7, 11) is 0. The monoisotopic (exact) mass is 260 g/mol. The van der Waals surface area contributed by atoms with Crippen molar-refractivity contribution in [3.63, 3.8) is 0 Å². The van der Waals surface area contributed by atoms with Gasteiger partial charge in [0.05, 0.1) is 17.5 Å². The lowest BCUT2D eigenvalue weighted by molar-refractivity contribution is -0.0315. The first-order valence-electron chi connectivity index (χ1n) is 6.81. The van der Waals surface area contributed by atoms with Gasteiger partial charge >= 0.3 is 0 Å². The molecule has 1 saturated carbocycles. The third-order valence-corrected chi connectivity index (χ3v) is 3.91. The van der Waals surface area contributed by atoms with Gasteiger partial charge in [0.25, 0.3) is 0 Å². The highest BCUT2D eigenvalue weighted by Gasteiger charge is 2.33. The Bertz CT molecular complexity index is 601. The van der Waals surface area contributed by atoms with Crippen molar-refractivity contribution in [3.05, 3.63) is 29.3 Å².